The number of anilines is 3. The Kier molecular flexibility index (Phi) is 11.0. The first-order chi connectivity index (χ1) is 29.7. The number of imidazole rings is 2. The van der Waals surface area contributed by atoms with Gasteiger partial charge in [-0.05, 0) is 70.0 Å². The number of aryl methyl sites for hydroxylation is 4. The monoisotopic (exact) mass is 846 g/mol. The molecule has 8 N–H and O–H groups in total. The van der Waals surface area contributed by atoms with Gasteiger partial charge in [0.15, 0.2) is 0 Å². The van der Waals surface area contributed by atoms with Gasteiger partial charge in [0.2, 0.25) is 23.7 Å². The molecule has 324 valence electrons. The second-order valence-corrected chi connectivity index (χ2v) is 15.8. The first-order valence-electron chi connectivity index (χ1n) is 20.4. The van der Waals surface area contributed by atoms with Crippen LogP contribution >= 0.6 is 0 Å². The van der Waals surface area contributed by atoms with Gasteiger partial charge in [-0.25, -0.2) is 9.97 Å². The molecule has 4 aromatic heterocycles. The van der Waals surface area contributed by atoms with Gasteiger partial charge in [0.25, 0.3) is 11.8 Å². The minimum absolute atomic E-state index is 0.124. The molecule has 6 aromatic rings. The lowest BCUT2D eigenvalue weighted by Crippen LogP contribution is -2.56. The first-order valence-corrected chi connectivity index (χ1v) is 20.4. The molecule has 1 spiro atoms. The third-order valence-corrected chi connectivity index (χ3v) is 11.5. The summed E-state index contributed by atoms with van der Waals surface area (Å²) in [6, 6.07) is 8.18. The number of carbonyl (C=O) groups excluding carboxylic acids is 4. The molecule has 0 unspecified atom stereocenters. The van der Waals surface area contributed by atoms with Crippen LogP contribution in [-0.2, 0) is 37.5 Å². The van der Waals surface area contributed by atoms with Crippen molar-refractivity contribution in [2.45, 2.75) is 66.8 Å². The number of allylic oxidation sites excluding steroid dienone is 2. The average molecular weight is 847 g/mol. The Balaban J connectivity index is 1.18. The molecule has 2 aromatic carbocycles. The zero-order valence-electron chi connectivity index (χ0n) is 35.3. The fraction of sp³-hybridized carbons (Fsp3) is 0.381. The minimum atomic E-state index is -0.663. The van der Waals surface area contributed by atoms with Crippen LogP contribution in [0.25, 0.3) is 22.1 Å². The number of nitrogen functional groups attached to an aromatic ring is 1. The molecule has 0 saturated carbocycles. The molecule has 20 heteroatoms. The van der Waals surface area contributed by atoms with Crippen LogP contribution in [0.4, 0.5) is 17.6 Å². The lowest BCUT2D eigenvalue weighted by molar-refractivity contribution is -0.0121. The zero-order valence-corrected chi connectivity index (χ0v) is 35.3. The van der Waals surface area contributed by atoms with E-state index in [1.807, 2.05) is 37.5 Å². The number of nitrogens with two attached hydrogens (primary N) is 3. The van der Waals surface area contributed by atoms with E-state index in [1.54, 1.807) is 45.1 Å². The van der Waals surface area contributed by atoms with Crippen LogP contribution in [0.2, 0.25) is 0 Å². The van der Waals surface area contributed by atoms with Crippen LogP contribution in [0.1, 0.15) is 78.9 Å². The van der Waals surface area contributed by atoms with Crippen molar-refractivity contribution in [3.05, 3.63) is 81.9 Å². The van der Waals surface area contributed by atoms with Crippen molar-refractivity contribution in [2.24, 2.45) is 16.9 Å². The van der Waals surface area contributed by atoms with E-state index in [2.05, 4.69) is 25.7 Å². The first kappa shape index (κ1) is 41.7. The summed E-state index contributed by atoms with van der Waals surface area (Å²) in [7, 11) is 1.47. The maximum absolute atomic E-state index is 14.0. The lowest BCUT2D eigenvalue weighted by atomic mass is 9.79. The molecule has 2 aliphatic rings. The van der Waals surface area contributed by atoms with Gasteiger partial charge in [0.05, 0.1) is 47.3 Å². The summed E-state index contributed by atoms with van der Waals surface area (Å²) >= 11 is 0. The van der Waals surface area contributed by atoms with Gasteiger partial charge in [0, 0.05) is 69.0 Å². The van der Waals surface area contributed by atoms with Crippen molar-refractivity contribution in [3.8, 4) is 5.75 Å². The number of primary amides is 2. The highest BCUT2D eigenvalue weighted by atomic mass is 16.5. The Hall–Kier alpha value is -7.06. The summed E-state index contributed by atoms with van der Waals surface area (Å²) in [6.45, 7) is 12.2. The van der Waals surface area contributed by atoms with E-state index in [-0.39, 0.29) is 47.3 Å². The summed E-state index contributed by atoms with van der Waals surface area (Å²) in [5.74, 6) is -1.46. The number of hydrogen-bond acceptors (Lipinski definition) is 12. The van der Waals surface area contributed by atoms with Crippen LogP contribution in [-0.4, -0.2) is 101 Å². The quantitative estimate of drug-likeness (QED) is 0.0934. The smallest absolute Gasteiger partial charge is 0.278 e. The molecule has 6 heterocycles. The van der Waals surface area contributed by atoms with Crippen LogP contribution in [0.5, 0.6) is 5.75 Å². The summed E-state index contributed by atoms with van der Waals surface area (Å²) in [4.78, 5) is 64.5. The molecule has 8 rings (SSSR count). The number of aromatic nitrogens is 8. The molecule has 2 fully saturated rings. The van der Waals surface area contributed by atoms with Crippen molar-refractivity contribution < 1.29 is 28.7 Å². The van der Waals surface area contributed by atoms with Crippen molar-refractivity contribution >= 4 is 63.3 Å². The predicted molar refractivity (Wildman–Crippen MR) is 231 cm³/mol. The van der Waals surface area contributed by atoms with Gasteiger partial charge < -0.3 is 35.8 Å². The highest BCUT2D eigenvalue weighted by molar-refractivity contribution is 6.07. The maximum atomic E-state index is 14.0. The number of rotatable bonds is 15. The molecule has 2 aliphatic heterocycles. The van der Waals surface area contributed by atoms with E-state index in [0.29, 0.717) is 70.1 Å². The third kappa shape index (κ3) is 7.62. The Labute approximate surface area is 356 Å². The molecule has 62 heavy (non-hydrogen) atoms. The van der Waals surface area contributed by atoms with Crippen LogP contribution in [0.3, 0.4) is 0 Å². The van der Waals surface area contributed by atoms with E-state index < -0.39 is 23.6 Å². The van der Waals surface area contributed by atoms with Gasteiger partial charge in [-0.15, -0.1) is 0 Å². The van der Waals surface area contributed by atoms with Gasteiger partial charge in [-0.1, -0.05) is 12.2 Å². The SMILES string of the molecule is CCn1nc(C)cc1C(=O)Nc1nc2cc(C(N)=O)cc(OC)c2n1C/C=C/Cn1c(NC(=O)c2c(N)c(C)nn2CC)nc2cc(C(N)=O)cc(CN3CC4(CCOC4)C3)c21. The summed E-state index contributed by atoms with van der Waals surface area (Å²) in [5, 5.41) is 14.7. The van der Waals surface area contributed by atoms with Gasteiger partial charge >= 0.3 is 0 Å². The molecule has 0 aliphatic carbocycles. The van der Waals surface area contributed by atoms with Gasteiger partial charge in [-0.3, -0.25) is 44.1 Å². The number of ether oxygens (including phenoxy) is 2. The molecule has 0 radical (unpaired) electrons. The fourth-order valence-corrected chi connectivity index (χ4v) is 8.57. The van der Waals surface area contributed by atoms with E-state index >= 15 is 0 Å². The van der Waals surface area contributed by atoms with Gasteiger partial charge in [-0.2, -0.15) is 10.2 Å². The number of nitrogens with zero attached hydrogens (tertiary/aromatic N) is 9. The second-order valence-electron chi connectivity index (χ2n) is 15.8. The molecule has 4 amide bonds. The van der Waals surface area contributed by atoms with Crippen LogP contribution in [0, 0.1) is 19.3 Å². The lowest BCUT2D eigenvalue weighted by Gasteiger charge is -2.47. The average Bonchev–Trinajstić information content (AvgIpc) is 4.06. The molecule has 0 atom stereocenters. The Morgan fingerprint density at radius 1 is 0.839 bits per heavy atom. The van der Waals surface area contributed by atoms with E-state index in [0.717, 1.165) is 38.3 Å². The summed E-state index contributed by atoms with van der Waals surface area (Å²) in [6.07, 6.45) is 4.76. The van der Waals surface area contributed by atoms with Crippen molar-refractivity contribution in [1.82, 2.24) is 43.6 Å². The minimum Gasteiger partial charge on any atom is -0.494 e. The maximum Gasteiger partial charge on any atom is 0.278 e. The number of hydrogen-bond donors (Lipinski definition) is 5. The fourth-order valence-electron chi connectivity index (χ4n) is 8.57. The number of likely N-dealkylation sites (tertiary alicyclic amines) is 1. The predicted octanol–water partition coefficient (Wildman–Crippen LogP) is 3.21. The zero-order chi connectivity index (χ0) is 44.0. The van der Waals surface area contributed by atoms with Crippen molar-refractivity contribution in [2.75, 3.05) is 49.8 Å². The van der Waals surface area contributed by atoms with E-state index in [1.165, 1.54) is 13.2 Å². The number of amides is 4. The normalized spacial score (nSPS) is 14.9. The molecule has 20 nitrogen and oxygen atoms in total. The standard InChI is InChI=1S/C42H50N14O6/c1-6-55-30(14-23(3)50-55)38(59)48-40-47-29-17-26(37(45)58)18-31(61-5)34(29)54(40)12-9-8-11-53-33-27(19-52-20-42(21-52)10-13-62-22-42)15-25(36(44)57)16-28(33)46-41(53)49-39(60)35-32(43)24(4)51-56(35)7-2/h8-9,14-18H,6-7,10-13,19-22,43H2,1-5H3,(H2,44,57)(H2,45,58)(H,46,49,60)(H,47,48,59)/b9-8+. The number of benzene rings is 2. The van der Waals surface area contributed by atoms with Crippen molar-refractivity contribution in [3.63, 3.8) is 0 Å². The Bertz CT molecular complexity index is 2800. The topological polar surface area (TPSA) is 263 Å². The number of carbonyl (C=O) groups is 4. The summed E-state index contributed by atoms with van der Waals surface area (Å²) in [5.41, 5.74) is 23.3. The highest BCUT2D eigenvalue weighted by Crippen LogP contribution is 2.40. The Morgan fingerprint density at radius 3 is 2.05 bits per heavy atom. The number of methoxy groups -OCH3 is 1. The molecular weight excluding hydrogens is 797 g/mol. The molecule has 2 saturated heterocycles. The third-order valence-electron chi connectivity index (χ3n) is 11.5. The highest BCUT2D eigenvalue weighted by Gasteiger charge is 2.45. The van der Waals surface area contributed by atoms with E-state index in [4.69, 9.17) is 36.6 Å². The van der Waals surface area contributed by atoms with Crippen LogP contribution in [0.15, 0.2) is 42.5 Å². The van der Waals surface area contributed by atoms with Gasteiger partial charge in [0.1, 0.15) is 22.7 Å². The largest absolute Gasteiger partial charge is 0.494 e. The molecule has 0 bridgehead atoms. The van der Waals surface area contributed by atoms with Crippen LogP contribution < -0.4 is 32.6 Å². The number of fused-ring (bicyclic) bond motifs is 2. The second kappa shape index (κ2) is 16.4. The Morgan fingerprint density at radius 2 is 1.45 bits per heavy atom. The number of nitrogens with one attached hydrogen (secondary N) is 2. The summed E-state index contributed by atoms with van der Waals surface area (Å²) < 4.78 is 18.2. The van der Waals surface area contributed by atoms with Crippen molar-refractivity contribution in [1.29, 1.82) is 0 Å². The molecular formula is C42H50N14O6. The van der Waals surface area contributed by atoms with E-state index in [9.17, 15) is 19.2 Å².